The number of rotatable bonds is 2. The highest BCUT2D eigenvalue weighted by Gasteiger charge is 2.38. The summed E-state index contributed by atoms with van der Waals surface area (Å²) in [6.07, 6.45) is -4.49. The Bertz CT molecular complexity index is 334. The first-order chi connectivity index (χ1) is 6.41. The molecule has 0 radical (unpaired) electrons. The summed E-state index contributed by atoms with van der Waals surface area (Å²) in [7, 11) is 0. The maximum atomic E-state index is 12.3. The van der Waals surface area contributed by atoms with E-state index >= 15 is 0 Å². The molecule has 1 aromatic rings. The lowest BCUT2D eigenvalue weighted by atomic mass is 10.3. The van der Waals surface area contributed by atoms with E-state index in [1.807, 2.05) is 0 Å². The topological polar surface area (TPSA) is 17.8 Å². The van der Waals surface area contributed by atoms with Gasteiger partial charge in [-0.3, -0.25) is 4.68 Å². The van der Waals surface area contributed by atoms with Gasteiger partial charge in [-0.25, -0.2) is 0 Å². The van der Waals surface area contributed by atoms with E-state index in [-0.39, 0.29) is 10.4 Å². The SMILES string of the molecule is CCn1nc(C(F)(F)F)c(Cl)c1CBr. The quantitative estimate of drug-likeness (QED) is 0.763. The number of hydrogen-bond acceptors (Lipinski definition) is 1. The van der Waals surface area contributed by atoms with Gasteiger partial charge in [0.05, 0.1) is 10.7 Å². The summed E-state index contributed by atoms with van der Waals surface area (Å²) in [4.78, 5) is 0. The van der Waals surface area contributed by atoms with Crippen molar-refractivity contribution in [2.75, 3.05) is 0 Å². The second-order valence-electron chi connectivity index (χ2n) is 2.56. The van der Waals surface area contributed by atoms with Crippen LogP contribution in [0.15, 0.2) is 0 Å². The van der Waals surface area contributed by atoms with Crippen LogP contribution in [-0.4, -0.2) is 9.78 Å². The Hall–Kier alpha value is -0.230. The normalized spacial score (nSPS) is 12.1. The van der Waals surface area contributed by atoms with Crippen molar-refractivity contribution in [1.82, 2.24) is 9.78 Å². The predicted octanol–water partition coefficient (Wildman–Crippen LogP) is 3.47. The third-order valence-corrected chi connectivity index (χ3v) is 2.62. The van der Waals surface area contributed by atoms with Gasteiger partial charge in [0.25, 0.3) is 0 Å². The van der Waals surface area contributed by atoms with Crippen LogP contribution in [0, 0.1) is 0 Å². The van der Waals surface area contributed by atoms with Crippen LogP contribution in [0.3, 0.4) is 0 Å². The minimum absolute atomic E-state index is 0.253. The molecule has 1 aromatic heterocycles. The molecule has 0 N–H and O–H groups in total. The van der Waals surface area contributed by atoms with Gasteiger partial charge in [0, 0.05) is 11.9 Å². The third kappa shape index (κ3) is 2.06. The summed E-state index contributed by atoms with van der Waals surface area (Å²) in [5, 5.41) is 3.33. The lowest BCUT2D eigenvalue weighted by Gasteiger charge is -2.01. The maximum Gasteiger partial charge on any atom is 0.436 e. The van der Waals surface area contributed by atoms with Crippen LogP contribution in [-0.2, 0) is 18.1 Å². The zero-order chi connectivity index (χ0) is 10.9. The molecule has 0 bridgehead atoms. The average molecular weight is 291 g/mol. The van der Waals surface area contributed by atoms with E-state index < -0.39 is 11.9 Å². The minimum atomic E-state index is -4.49. The van der Waals surface area contributed by atoms with Crippen LogP contribution in [0.4, 0.5) is 13.2 Å². The number of alkyl halides is 4. The Morgan fingerprint density at radius 2 is 2.07 bits per heavy atom. The standard InChI is InChI=1S/C7H7BrClF3N2/c1-2-14-4(3-8)5(9)6(13-14)7(10,11)12/h2-3H2,1H3. The van der Waals surface area contributed by atoms with Crippen LogP contribution in [0.5, 0.6) is 0 Å². The van der Waals surface area contributed by atoms with Crippen LogP contribution >= 0.6 is 27.5 Å². The summed E-state index contributed by atoms with van der Waals surface area (Å²) in [5.74, 6) is 0. The first-order valence-electron chi connectivity index (χ1n) is 3.80. The van der Waals surface area contributed by atoms with Crippen molar-refractivity contribution in [2.24, 2.45) is 0 Å². The van der Waals surface area contributed by atoms with Crippen molar-refractivity contribution >= 4 is 27.5 Å². The molecule has 0 aliphatic carbocycles. The van der Waals surface area contributed by atoms with Gasteiger partial charge in [-0.15, -0.1) is 0 Å². The molecule has 1 rings (SSSR count). The van der Waals surface area contributed by atoms with Gasteiger partial charge in [0.15, 0.2) is 5.69 Å². The van der Waals surface area contributed by atoms with E-state index in [4.69, 9.17) is 11.6 Å². The highest BCUT2D eigenvalue weighted by molar-refractivity contribution is 9.08. The van der Waals surface area contributed by atoms with Gasteiger partial charge >= 0.3 is 6.18 Å². The molecule has 0 saturated heterocycles. The van der Waals surface area contributed by atoms with Gasteiger partial charge in [-0.05, 0) is 6.92 Å². The highest BCUT2D eigenvalue weighted by Crippen LogP contribution is 2.36. The Morgan fingerprint density at radius 1 is 1.50 bits per heavy atom. The van der Waals surface area contributed by atoms with Gasteiger partial charge in [-0.1, -0.05) is 27.5 Å². The fourth-order valence-corrected chi connectivity index (χ4v) is 2.09. The number of halogens is 5. The first kappa shape index (κ1) is 11.8. The highest BCUT2D eigenvalue weighted by atomic mass is 79.9. The lowest BCUT2D eigenvalue weighted by molar-refractivity contribution is -0.141. The van der Waals surface area contributed by atoms with Crippen molar-refractivity contribution in [3.8, 4) is 0 Å². The van der Waals surface area contributed by atoms with Crippen molar-refractivity contribution in [3.63, 3.8) is 0 Å². The minimum Gasteiger partial charge on any atom is -0.267 e. The van der Waals surface area contributed by atoms with E-state index in [1.165, 1.54) is 4.68 Å². The zero-order valence-corrected chi connectivity index (χ0v) is 9.54. The molecule has 0 fully saturated rings. The van der Waals surface area contributed by atoms with Gasteiger partial charge in [-0.2, -0.15) is 18.3 Å². The fraction of sp³-hybridized carbons (Fsp3) is 0.571. The van der Waals surface area contributed by atoms with Crippen molar-refractivity contribution in [2.45, 2.75) is 25.0 Å². The van der Waals surface area contributed by atoms with Crippen molar-refractivity contribution < 1.29 is 13.2 Å². The molecular formula is C7H7BrClF3N2. The van der Waals surface area contributed by atoms with Gasteiger partial charge in [0.1, 0.15) is 0 Å². The lowest BCUT2D eigenvalue weighted by Crippen LogP contribution is -2.08. The van der Waals surface area contributed by atoms with Crippen LogP contribution in [0.1, 0.15) is 18.3 Å². The third-order valence-electron chi connectivity index (χ3n) is 1.69. The summed E-state index contributed by atoms with van der Waals surface area (Å²) in [5.41, 5.74) is -0.669. The van der Waals surface area contributed by atoms with Crippen LogP contribution in [0.2, 0.25) is 5.02 Å². The van der Waals surface area contributed by atoms with Crippen LogP contribution in [0.25, 0.3) is 0 Å². The fourth-order valence-electron chi connectivity index (χ4n) is 1.05. The monoisotopic (exact) mass is 290 g/mol. The largest absolute Gasteiger partial charge is 0.436 e. The molecule has 80 valence electrons. The summed E-state index contributed by atoms with van der Waals surface area (Å²) >= 11 is 8.63. The number of aryl methyl sites for hydroxylation is 1. The molecule has 0 unspecified atom stereocenters. The summed E-state index contributed by atoms with van der Waals surface area (Å²) < 4.78 is 38.3. The Labute approximate surface area is 92.2 Å². The molecule has 0 aliphatic heterocycles. The number of aromatic nitrogens is 2. The Morgan fingerprint density at radius 3 is 2.36 bits per heavy atom. The van der Waals surface area contributed by atoms with E-state index in [9.17, 15) is 13.2 Å². The molecular weight excluding hydrogens is 284 g/mol. The van der Waals surface area contributed by atoms with E-state index in [0.29, 0.717) is 12.2 Å². The molecule has 1 heterocycles. The van der Waals surface area contributed by atoms with Crippen LogP contribution < -0.4 is 0 Å². The van der Waals surface area contributed by atoms with Crippen molar-refractivity contribution in [1.29, 1.82) is 0 Å². The summed E-state index contributed by atoms with van der Waals surface area (Å²) in [6.45, 7) is 2.06. The smallest absolute Gasteiger partial charge is 0.267 e. The number of nitrogens with zero attached hydrogens (tertiary/aromatic N) is 2. The average Bonchev–Trinajstić information content (AvgIpc) is 2.40. The second-order valence-corrected chi connectivity index (χ2v) is 3.50. The van der Waals surface area contributed by atoms with E-state index in [0.717, 1.165) is 0 Å². The predicted molar refractivity (Wildman–Crippen MR) is 50.5 cm³/mol. The Balaban J connectivity index is 3.28. The second kappa shape index (κ2) is 4.10. The van der Waals surface area contributed by atoms with Crippen molar-refractivity contribution in [3.05, 3.63) is 16.4 Å². The maximum absolute atomic E-state index is 12.3. The molecule has 0 aliphatic rings. The van der Waals surface area contributed by atoms with E-state index in [1.54, 1.807) is 6.92 Å². The molecule has 0 atom stereocenters. The summed E-state index contributed by atoms with van der Waals surface area (Å²) in [6, 6.07) is 0. The molecule has 14 heavy (non-hydrogen) atoms. The molecule has 0 spiro atoms. The van der Waals surface area contributed by atoms with Gasteiger partial charge < -0.3 is 0 Å². The number of hydrogen-bond donors (Lipinski definition) is 0. The van der Waals surface area contributed by atoms with E-state index in [2.05, 4.69) is 21.0 Å². The molecule has 0 aromatic carbocycles. The first-order valence-corrected chi connectivity index (χ1v) is 5.30. The molecule has 0 amide bonds. The molecule has 0 saturated carbocycles. The van der Waals surface area contributed by atoms with Gasteiger partial charge in [0.2, 0.25) is 0 Å². The molecule has 2 nitrogen and oxygen atoms in total. The Kier molecular flexibility index (Phi) is 3.47. The zero-order valence-electron chi connectivity index (χ0n) is 7.20. The molecule has 7 heteroatoms.